The van der Waals surface area contributed by atoms with Crippen molar-refractivity contribution in [3.8, 4) is 0 Å². The Kier molecular flexibility index (Phi) is 5.59. The first-order valence-corrected chi connectivity index (χ1v) is 9.66. The Morgan fingerprint density at radius 1 is 1.35 bits per heavy atom. The minimum atomic E-state index is -3.46. The summed E-state index contributed by atoms with van der Waals surface area (Å²) < 4.78 is 23.2. The van der Waals surface area contributed by atoms with Gasteiger partial charge in [0.2, 0.25) is 0 Å². The Morgan fingerprint density at radius 3 is 2.52 bits per heavy atom. The highest BCUT2D eigenvalue weighted by atomic mass is 32.2. The molecule has 1 aromatic carbocycles. The summed E-state index contributed by atoms with van der Waals surface area (Å²) in [6, 6.07) is 4.16. The van der Waals surface area contributed by atoms with Crippen LogP contribution in [0.5, 0.6) is 0 Å². The van der Waals surface area contributed by atoms with Gasteiger partial charge >= 0.3 is 0 Å². The normalized spacial score (nSPS) is 16.5. The van der Waals surface area contributed by atoms with Gasteiger partial charge < -0.3 is 10.2 Å². The number of nitro groups is 1. The van der Waals surface area contributed by atoms with Gasteiger partial charge in [-0.3, -0.25) is 10.1 Å². The lowest BCUT2D eigenvalue weighted by molar-refractivity contribution is -0.384. The number of nitrogens with one attached hydrogen (secondary N) is 1. The Morgan fingerprint density at radius 2 is 2.00 bits per heavy atom. The van der Waals surface area contributed by atoms with E-state index in [9.17, 15) is 18.5 Å². The molecule has 1 aromatic rings. The molecule has 23 heavy (non-hydrogen) atoms. The average Bonchev–Trinajstić information content (AvgIpc) is 2.52. The Hall–Kier alpha value is -1.67. The third kappa shape index (κ3) is 4.42. The van der Waals surface area contributed by atoms with Crippen molar-refractivity contribution >= 4 is 21.2 Å². The second-order valence-electron chi connectivity index (χ2n) is 5.92. The predicted molar refractivity (Wildman–Crippen MR) is 89.7 cm³/mol. The Labute approximate surface area is 136 Å². The van der Waals surface area contributed by atoms with Crippen molar-refractivity contribution in [2.75, 3.05) is 37.3 Å². The zero-order valence-corrected chi connectivity index (χ0v) is 14.3. The van der Waals surface area contributed by atoms with E-state index in [2.05, 4.69) is 12.2 Å². The molecule has 1 heterocycles. The first-order valence-electron chi connectivity index (χ1n) is 7.77. The molecular weight excluding hydrogens is 318 g/mol. The van der Waals surface area contributed by atoms with Crippen molar-refractivity contribution in [2.24, 2.45) is 5.92 Å². The molecule has 0 atom stereocenters. The van der Waals surface area contributed by atoms with Crippen LogP contribution < -0.4 is 10.2 Å². The van der Waals surface area contributed by atoms with Crippen LogP contribution in [0, 0.1) is 16.0 Å². The summed E-state index contributed by atoms with van der Waals surface area (Å²) in [5.74, 6) is 0.584. The van der Waals surface area contributed by atoms with Crippen molar-refractivity contribution in [1.82, 2.24) is 5.32 Å². The number of hydrogen-bond donors (Lipinski definition) is 1. The third-order valence-electron chi connectivity index (χ3n) is 4.21. The van der Waals surface area contributed by atoms with E-state index in [1.165, 1.54) is 6.07 Å². The maximum atomic E-state index is 11.6. The fourth-order valence-electron chi connectivity index (χ4n) is 2.87. The van der Waals surface area contributed by atoms with Crippen molar-refractivity contribution in [2.45, 2.75) is 24.7 Å². The van der Waals surface area contributed by atoms with Gasteiger partial charge in [0.25, 0.3) is 5.69 Å². The minimum Gasteiger partial charge on any atom is -0.366 e. The summed E-state index contributed by atoms with van der Waals surface area (Å²) in [5.41, 5.74) is 0.363. The molecule has 128 valence electrons. The van der Waals surface area contributed by atoms with Crippen LogP contribution in [-0.2, 0) is 9.84 Å². The van der Waals surface area contributed by atoms with Crippen molar-refractivity contribution < 1.29 is 13.3 Å². The zero-order chi connectivity index (χ0) is 17.0. The lowest BCUT2D eigenvalue weighted by Crippen LogP contribution is -2.37. The largest absolute Gasteiger partial charge is 0.366 e. The number of benzene rings is 1. The summed E-state index contributed by atoms with van der Waals surface area (Å²) in [6.07, 6.45) is 2.99. The first kappa shape index (κ1) is 17.7. The van der Waals surface area contributed by atoms with Crippen LogP contribution >= 0.6 is 0 Å². The van der Waals surface area contributed by atoms with Crippen LogP contribution in [-0.4, -0.2) is 45.8 Å². The molecule has 1 aliphatic heterocycles. The van der Waals surface area contributed by atoms with Gasteiger partial charge in [0.1, 0.15) is 5.69 Å². The van der Waals surface area contributed by atoms with Crippen LogP contribution in [0.25, 0.3) is 0 Å². The van der Waals surface area contributed by atoms with Crippen LogP contribution in [0.1, 0.15) is 19.8 Å². The molecule has 0 aromatic heterocycles. The molecule has 0 aliphatic carbocycles. The van der Waals surface area contributed by atoms with Crippen LogP contribution in [0.2, 0.25) is 0 Å². The van der Waals surface area contributed by atoms with E-state index in [1.807, 2.05) is 4.90 Å². The SMILES string of the molecule is CCNCC1CCN(c2ccc(S(C)(=O)=O)cc2[N+](=O)[O-])CC1. The van der Waals surface area contributed by atoms with E-state index >= 15 is 0 Å². The molecule has 0 saturated carbocycles. The van der Waals surface area contributed by atoms with Crippen LogP contribution in [0.4, 0.5) is 11.4 Å². The van der Waals surface area contributed by atoms with Gasteiger partial charge in [-0.2, -0.15) is 0 Å². The number of hydrogen-bond acceptors (Lipinski definition) is 6. The second kappa shape index (κ2) is 7.27. The standard InChI is InChI=1S/C15H23N3O4S/c1-3-16-11-12-6-8-17(9-7-12)14-5-4-13(23(2,21)22)10-15(14)18(19)20/h4-5,10,12,16H,3,6-9,11H2,1-2H3. The van der Waals surface area contributed by atoms with Gasteiger partial charge in [-0.15, -0.1) is 0 Å². The topological polar surface area (TPSA) is 92.6 Å². The van der Waals surface area contributed by atoms with E-state index in [-0.39, 0.29) is 10.6 Å². The van der Waals surface area contributed by atoms with E-state index in [0.717, 1.165) is 51.3 Å². The highest BCUT2D eigenvalue weighted by Gasteiger charge is 2.26. The summed E-state index contributed by atoms with van der Waals surface area (Å²) in [7, 11) is -3.46. The van der Waals surface area contributed by atoms with Gasteiger partial charge in [0, 0.05) is 25.4 Å². The predicted octanol–water partition coefficient (Wildman–Crippen LogP) is 1.82. The summed E-state index contributed by atoms with van der Waals surface area (Å²) in [5, 5.41) is 14.7. The van der Waals surface area contributed by atoms with Crippen LogP contribution in [0.15, 0.2) is 23.1 Å². The molecule has 0 radical (unpaired) electrons. The zero-order valence-electron chi connectivity index (χ0n) is 13.5. The van der Waals surface area contributed by atoms with Crippen molar-refractivity contribution in [3.63, 3.8) is 0 Å². The Balaban J connectivity index is 2.19. The molecule has 1 N–H and O–H groups in total. The molecule has 0 spiro atoms. The Bertz CT molecular complexity index is 667. The molecule has 1 fully saturated rings. The van der Waals surface area contributed by atoms with Crippen LogP contribution in [0.3, 0.4) is 0 Å². The van der Waals surface area contributed by atoms with E-state index in [4.69, 9.17) is 0 Å². The first-order chi connectivity index (χ1) is 10.8. The minimum absolute atomic E-state index is 0.0185. The molecule has 1 aliphatic rings. The number of piperidine rings is 1. The maximum Gasteiger partial charge on any atom is 0.293 e. The summed E-state index contributed by atoms with van der Waals surface area (Å²) >= 11 is 0. The summed E-state index contributed by atoms with van der Waals surface area (Å²) in [4.78, 5) is 12.8. The van der Waals surface area contributed by atoms with Gasteiger partial charge in [0.05, 0.1) is 9.82 Å². The molecule has 7 nitrogen and oxygen atoms in total. The highest BCUT2D eigenvalue weighted by molar-refractivity contribution is 7.90. The van der Waals surface area contributed by atoms with Crippen molar-refractivity contribution in [1.29, 1.82) is 0 Å². The average molecular weight is 341 g/mol. The number of sulfone groups is 1. The molecule has 0 amide bonds. The lowest BCUT2D eigenvalue weighted by Gasteiger charge is -2.33. The fraction of sp³-hybridized carbons (Fsp3) is 0.600. The number of anilines is 1. The smallest absolute Gasteiger partial charge is 0.293 e. The quantitative estimate of drug-likeness (QED) is 0.627. The highest BCUT2D eigenvalue weighted by Crippen LogP contribution is 2.33. The van der Waals surface area contributed by atoms with E-state index in [0.29, 0.717) is 11.6 Å². The van der Waals surface area contributed by atoms with Gasteiger partial charge in [-0.1, -0.05) is 6.92 Å². The van der Waals surface area contributed by atoms with Crippen molar-refractivity contribution in [3.05, 3.63) is 28.3 Å². The van der Waals surface area contributed by atoms with Gasteiger partial charge in [0.15, 0.2) is 9.84 Å². The fourth-order valence-corrected chi connectivity index (χ4v) is 3.51. The van der Waals surface area contributed by atoms with E-state index < -0.39 is 14.8 Å². The number of rotatable bonds is 6. The molecular formula is C15H23N3O4S. The third-order valence-corrected chi connectivity index (χ3v) is 5.32. The molecule has 0 bridgehead atoms. The van der Waals surface area contributed by atoms with Gasteiger partial charge in [-0.25, -0.2) is 8.42 Å². The second-order valence-corrected chi connectivity index (χ2v) is 7.93. The maximum absolute atomic E-state index is 11.6. The lowest BCUT2D eigenvalue weighted by atomic mass is 9.96. The van der Waals surface area contributed by atoms with E-state index in [1.54, 1.807) is 6.07 Å². The number of nitro benzene ring substituents is 1. The molecule has 2 rings (SSSR count). The van der Waals surface area contributed by atoms with Gasteiger partial charge in [-0.05, 0) is 44.0 Å². The monoisotopic (exact) mass is 341 g/mol. The summed E-state index contributed by atoms with van der Waals surface area (Å²) in [6.45, 7) is 5.48. The molecule has 0 unspecified atom stereocenters. The number of nitrogens with zero attached hydrogens (tertiary/aromatic N) is 2. The molecule has 8 heteroatoms. The molecule has 1 saturated heterocycles.